The number of ketones is 1. The molecule has 0 radical (unpaired) electrons. The zero-order chi connectivity index (χ0) is 30.1. The zero-order valence-electron chi connectivity index (χ0n) is 22.5. The smallest absolute Gasteiger partial charge is 0.419 e. The van der Waals surface area contributed by atoms with Crippen LogP contribution < -0.4 is 10.6 Å². The summed E-state index contributed by atoms with van der Waals surface area (Å²) in [6.07, 6.45) is 0.540. The van der Waals surface area contributed by atoms with Crippen LogP contribution in [0.4, 0.5) is 23.2 Å². The second kappa shape index (κ2) is 10.9. The van der Waals surface area contributed by atoms with E-state index in [1.165, 1.54) is 32.4 Å². The van der Waals surface area contributed by atoms with Gasteiger partial charge in [-0.15, -0.1) is 6.42 Å². The SMILES string of the molecule is C#CC(C)(COC(=O)C(C)(C)C)NC(=O)C(=O)c1c(C)c(C(=O)Nc2ccc(F)c(C(F)(F)F)c2)n(C)c1C. The van der Waals surface area contributed by atoms with Gasteiger partial charge in [0.25, 0.3) is 17.6 Å². The summed E-state index contributed by atoms with van der Waals surface area (Å²) in [6.45, 7) is 8.72. The van der Waals surface area contributed by atoms with E-state index in [4.69, 9.17) is 11.2 Å². The number of halogens is 4. The summed E-state index contributed by atoms with van der Waals surface area (Å²) in [5.41, 5.74) is -4.18. The molecule has 0 spiro atoms. The van der Waals surface area contributed by atoms with E-state index in [1.807, 2.05) is 0 Å². The molecule has 0 aliphatic heterocycles. The van der Waals surface area contributed by atoms with Gasteiger partial charge in [0, 0.05) is 18.4 Å². The fourth-order valence-corrected chi connectivity index (χ4v) is 3.61. The van der Waals surface area contributed by atoms with Crippen LogP contribution in [0.25, 0.3) is 0 Å². The van der Waals surface area contributed by atoms with E-state index in [0.29, 0.717) is 12.1 Å². The van der Waals surface area contributed by atoms with Gasteiger partial charge < -0.3 is 19.9 Å². The molecule has 0 aliphatic carbocycles. The zero-order valence-corrected chi connectivity index (χ0v) is 22.5. The van der Waals surface area contributed by atoms with Crippen molar-refractivity contribution in [2.75, 3.05) is 11.9 Å². The molecule has 1 heterocycles. The molecule has 39 heavy (non-hydrogen) atoms. The molecule has 12 heteroatoms. The van der Waals surface area contributed by atoms with Gasteiger partial charge in [0.1, 0.15) is 23.7 Å². The van der Waals surface area contributed by atoms with Crippen LogP contribution in [0, 0.1) is 37.4 Å². The first-order chi connectivity index (χ1) is 17.7. The van der Waals surface area contributed by atoms with Crippen molar-refractivity contribution in [3.8, 4) is 12.3 Å². The number of carbonyl (C=O) groups is 4. The average Bonchev–Trinajstić information content (AvgIpc) is 3.04. The lowest BCUT2D eigenvalue weighted by Gasteiger charge is -2.26. The summed E-state index contributed by atoms with van der Waals surface area (Å²) in [5.74, 6) is -2.83. The number of alkyl halides is 3. The minimum absolute atomic E-state index is 0.0763. The molecule has 2 N–H and O–H groups in total. The number of benzene rings is 1. The largest absolute Gasteiger partial charge is 0.462 e. The van der Waals surface area contributed by atoms with E-state index in [-0.39, 0.29) is 28.2 Å². The average molecular weight is 552 g/mol. The van der Waals surface area contributed by atoms with Crippen molar-refractivity contribution >= 4 is 29.3 Å². The first-order valence-corrected chi connectivity index (χ1v) is 11.6. The van der Waals surface area contributed by atoms with Crippen molar-refractivity contribution in [3.63, 3.8) is 0 Å². The third-order valence-electron chi connectivity index (χ3n) is 5.92. The first kappa shape index (κ1) is 31.1. The Hall–Kier alpha value is -4.14. The summed E-state index contributed by atoms with van der Waals surface area (Å²) in [5, 5.41) is 4.63. The molecule has 2 aromatic rings. The number of hydrogen-bond donors (Lipinski definition) is 2. The number of amides is 2. The van der Waals surface area contributed by atoms with Crippen LogP contribution >= 0.6 is 0 Å². The van der Waals surface area contributed by atoms with Gasteiger partial charge in [-0.1, -0.05) is 5.92 Å². The van der Waals surface area contributed by atoms with Crippen molar-refractivity contribution < 1.29 is 41.5 Å². The number of Topliss-reactive ketones (excluding diaryl/α,β-unsaturated/α-hetero) is 1. The number of esters is 1. The summed E-state index contributed by atoms with van der Waals surface area (Å²) in [6, 6.07) is 1.98. The number of aromatic nitrogens is 1. The lowest BCUT2D eigenvalue weighted by atomic mass is 9.97. The molecular weight excluding hydrogens is 522 g/mol. The van der Waals surface area contributed by atoms with Crippen molar-refractivity contribution in [1.82, 2.24) is 9.88 Å². The molecule has 2 amide bonds. The van der Waals surface area contributed by atoms with Crippen LogP contribution in [0.5, 0.6) is 0 Å². The summed E-state index contributed by atoms with van der Waals surface area (Å²) in [4.78, 5) is 51.0. The minimum atomic E-state index is -4.98. The Kier molecular flexibility index (Phi) is 8.70. The third-order valence-corrected chi connectivity index (χ3v) is 5.92. The molecule has 210 valence electrons. The summed E-state index contributed by atoms with van der Waals surface area (Å²) < 4.78 is 59.2. The Morgan fingerprint density at radius 1 is 1.08 bits per heavy atom. The van der Waals surface area contributed by atoms with Crippen molar-refractivity contribution in [1.29, 1.82) is 0 Å². The predicted molar refractivity (Wildman–Crippen MR) is 134 cm³/mol. The predicted octanol–water partition coefficient (Wildman–Crippen LogP) is 4.33. The first-order valence-electron chi connectivity index (χ1n) is 11.6. The van der Waals surface area contributed by atoms with Crippen LogP contribution in [-0.2, 0) is 27.5 Å². The molecular formula is C27H29F4N3O5. The van der Waals surface area contributed by atoms with Gasteiger partial charge in [-0.2, -0.15) is 13.2 Å². The monoisotopic (exact) mass is 551 g/mol. The Morgan fingerprint density at radius 3 is 2.18 bits per heavy atom. The number of nitrogens with one attached hydrogen (secondary N) is 2. The maximum atomic E-state index is 13.6. The fraction of sp³-hybridized carbons (Fsp3) is 0.407. The number of anilines is 1. The highest BCUT2D eigenvalue weighted by Crippen LogP contribution is 2.33. The maximum absolute atomic E-state index is 13.6. The molecule has 1 unspecified atom stereocenters. The van der Waals surface area contributed by atoms with Gasteiger partial charge in [-0.3, -0.25) is 19.2 Å². The second-order valence-corrected chi connectivity index (χ2v) is 10.2. The number of ether oxygens (including phenoxy) is 1. The highest BCUT2D eigenvalue weighted by molar-refractivity contribution is 6.44. The number of terminal acetylenes is 1. The summed E-state index contributed by atoms with van der Waals surface area (Å²) >= 11 is 0. The normalized spacial score (nSPS) is 13.2. The molecule has 0 saturated carbocycles. The van der Waals surface area contributed by atoms with Crippen LogP contribution in [-0.4, -0.2) is 40.3 Å². The Bertz CT molecular complexity index is 1380. The van der Waals surface area contributed by atoms with Gasteiger partial charge in [0.15, 0.2) is 0 Å². The van der Waals surface area contributed by atoms with Crippen molar-refractivity contribution in [2.45, 2.75) is 53.3 Å². The number of carbonyl (C=O) groups excluding carboxylic acids is 4. The number of rotatable bonds is 7. The maximum Gasteiger partial charge on any atom is 0.419 e. The van der Waals surface area contributed by atoms with E-state index >= 15 is 0 Å². The minimum Gasteiger partial charge on any atom is -0.462 e. The molecule has 0 bridgehead atoms. The molecule has 0 saturated heterocycles. The van der Waals surface area contributed by atoms with E-state index < -0.39 is 58.7 Å². The highest BCUT2D eigenvalue weighted by Gasteiger charge is 2.36. The van der Waals surface area contributed by atoms with Gasteiger partial charge >= 0.3 is 12.1 Å². The molecule has 1 atom stereocenters. The van der Waals surface area contributed by atoms with Crippen LogP contribution in [0.15, 0.2) is 18.2 Å². The molecule has 0 fully saturated rings. The Morgan fingerprint density at radius 2 is 1.67 bits per heavy atom. The van der Waals surface area contributed by atoms with Gasteiger partial charge in [0.2, 0.25) is 0 Å². The summed E-state index contributed by atoms with van der Waals surface area (Å²) in [7, 11) is 1.43. The molecule has 1 aromatic carbocycles. The van der Waals surface area contributed by atoms with Gasteiger partial charge in [0.05, 0.1) is 16.5 Å². The third kappa shape index (κ3) is 6.85. The van der Waals surface area contributed by atoms with Crippen molar-refractivity contribution in [2.24, 2.45) is 12.5 Å². The number of nitrogens with zero attached hydrogens (tertiary/aromatic N) is 1. The highest BCUT2D eigenvalue weighted by atomic mass is 19.4. The Labute approximate surface area is 223 Å². The Balaban J connectivity index is 2.32. The van der Waals surface area contributed by atoms with Crippen LogP contribution in [0.1, 0.15) is 65.4 Å². The van der Waals surface area contributed by atoms with Gasteiger partial charge in [-0.25, -0.2) is 4.39 Å². The standard InChI is InChI=1S/C27H29F4N3O5/c1-9-26(7,13-39-24(38)25(4,5)6)33-23(37)21(35)19-14(2)20(34(8)15(19)3)22(36)32-16-10-11-18(28)17(12-16)27(29,30)31/h1,10-12H,13H2,2-8H3,(H,32,36)(H,33,37). The number of hydrogen-bond acceptors (Lipinski definition) is 5. The van der Waals surface area contributed by atoms with Crippen LogP contribution in [0.3, 0.4) is 0 Å². The molecule has 8 nitrogen and oxygen atoms in total. The second-order valence-electron chi connectivity index (χ2n) is 10.2. The van der Waals surface area contributed by atoms with E-state index in [1.54, 1.807) is 20.8 Å². The lowest BCUT2D eigenvalue weighted by molar-refractivity contribution is -0.154. The molecule has 2 rings (SSSR count). The molecule has 1 aromatic heterocycles. The van der Waals surface area contributed by atoms with Gasteiger partial charge in [-0.05, 0) is 65.3 Å². The van der Waals surface area contributed by atoms with E-state index in [0.717, 1.165) is 6.07 Å². The fourth-order valence-electron chi connectivity index (χ4n) is 3.61. The lowest BCUT2D eigenvalue weighted by Crippen LogP contribution is -2.51. The van der Waals surface area contributed by atoms with E-state index in [9.17, 15) is 36.7 Å². The molecule has 0 aliphatic rings. The van der Waals surface area contributed by atoms with E-state index in [2.05, 4.69) is 16.6 Å². The topological polar surface area (TPSA) is 106 Å². The van der Waals surface area contributed by atoms with Crippen LogP contribution in [0.2, 0.25) is 0 Å². The van der Waals surface area contributed by atoms with Crippen molar-refractivity contribution in [3.05, 3.63) is 52.1 Å². The quantitative estimate of drug-likeness (QED) is 0.175.